The van der Waals surface area contributed by atoms with E-state index in [4.69, 9.17) is 18.0 Å². The van der Waals surface area contributed by atoms with E-state index in [0.29, 0.717) is 16.2 Å². The number of halogens is 2. The fraction of sp³-hybridized carbons (Fsp3) is 0.321. The van der Waals surface area contributed by atoms with E-state index >= 15 is 0 Å². The molecule has 0 bridgehead atoms. The first-order valence-corrected chi connectivity index (χ1v) is 12.3. The van der Waals surface area contributed by atoms with Gasteiger partial charge in [-0.1, -0.05) is 35.7 Å². The molecule has 1 fully saturated rings. The van der Waals surface area contributed by atoms with E-state index in [9.17, 15) is 18.8 Å². The van der Waals surface area contributed by atoms with Crippen molar-refractivity contribution in [2.24, 2.45) is 0 Å². The van der Waals surface area contributed by atoms with Gasteiger partial charge < -0.3 is 20.5 Å². The molecule has 1 aromatic heterocycles. The highest BCUT2D eigenvalue weighted by molar-refractivity contribution is 6.31. The van der Waals surface area contributed by atoms with Crippen LogP contribution in [0.2, 0.25) is 5.02 Å². The Balaban J connectivity index is 1.44. The highest BCUT2D eigenvalue weighted by Crippen LogP contribution is 2.46. The Morgan fingerprint density at radius 2 is 2.05 bits per heavy atom. The molecule has 0 radical (unpaired) electrons. The summed E-state index contributed by atoms with van der Waals surface area (Å²) in [7, 11) is 0. The van der Waals surface area contributed by atoms with Crippen LogP contribution in [0.25, 0.3) is 10.9 Å². The molecule has 9 heteroatoms. The van der Waals surface area contributed by atoms with E-state index < -0.39 is 35.0 Å². The summed E-state index contributed by atoms with van der Waals surface area (Å²) < 4.78 is 14.8. The number of aromatic nitrogens is 1. The van der Waals surface area contributed by atoms with Crippen molar-refractivity contribution in [2.45, 2.75) is 49.9 Å². The van der Waals surface area contributed by atoms with E-state index in [1.165, 1.54) is 18.7 Å². The van der Waals surface area contributed by atoms with Crippen LogP contribution < -0.4 is 10.6 Å². The molecule has 3 N–H and O–H groups in total. The molecule has 37 heavy (non-hydrogen) atoms. The summed E-state index contributed by atoms with van der Waals surface area (Å²) >= 11 is 6.05. The van der Waals surface area contributed by atoms with Crippen LogP contribution in [0.4, 0.5) is 10.1 Å². The van der Waals surface area contributed by atoms with E-state index in [1.807, 2.05) is 18.2 Å². The molecule has 0 aliphatic carbocycles. The second-order valence-electron chi connectivity index (χ2n) is 10.3. The summed E-state index contributed by atoms with van der Waals surface area (Å²) in [5.41, 5.74) is -0.392. The monoisotopic (exact) mass is 520 g/mol. The number of nitrogens with one attached hydrogen (secondary N) is 3. The standard InChI is InChI=1S/C28H26ClFN4O3/c1-4-18-13-28(19-7-5-6-8-21(19)33-26(28)37)15-34(18)25(36)23(14-27(2,3)30)32-24(35)22-12-16-11-17(29)9-10-20(16)31-22/h1,5-12,18,23,31H,13-15H2,2-3H3,(H,32,35)(H,33,37)/t18-,23?,28+/m1/s1. The number of benzene rings is 2. The van der Waals surface area contributed by atoms with E-state index in [-0.39, 0.29) is 31.0 Å². The predicted octanol–water partition coefficient (Wildman–Crippen LogP) is 4.18. The van der Waals surface area contributed by atoms with Gasteiger partial charge in [-0.3, -0.25) is 14.4 Å². The quantitative estimate of drug-likeness (QED) is 0.440. The zero-order chi connectivity index (χ0) is 26.5. The Morgan fingerprint density at radius 3 is 2.78 bits per heavy atom. The molecule has 3 aromatic rings. The van der Waals surface area contributed by atoms with Crippen molar-refractivity contribution in [2.75, 3.05) is 11.9 Å². The molecule has 1 spiro atoms. The predicted molar refractivity (Wildman–Crippen MR) is 140 cm³/mol. The summed E-state index contributed by atoms with van der Waals surface area (Å²) in [6.07, 6.45) is 5.77. The number of terminal acetylenes is 1. The van der Waals surface area contributed by atoms with Crippen molar-refractivity contribution >= 4 is 45.9 Å². The van der Waals surface area contributed by atoms with Crippen molar-refractivity contribution in [3.63, 3.8) is 0 Å². The molecule has 0 saturated carbocycles. The number of alkyl halides is 1. The van der Waals surface area contributed by atoms with Crippen molar-refractivity contribution in [3.05, 3.63) is 64.8 Å². The van der Waals surface area contributed by atoms with Gasteiger partial charge in [0.25, 0.3) is 5.91 Å². The number of hydrogen-bond acceptors (Lipinski definition) is 3. The van der Waals surface area contributed by atoms with E-state index in [1.54, 1.807) is 30.3 Å². The minimum absolute atomic E-state index is 0.0352. The molecule has 2 aliphatic heterocycles. The lowest BCUT2D eigenvalue weighted by atomic mass is 9.79. The summed E-state index contributed by atoms with van der Waals surface area (Å²) in [6, 6.07) is 12.2. The van der Waals surface area contributed by atoms with Gasteiger partial charge >= 0.3 is 0 Å². The second kappa shape index (κ2) is 8.93. The van der Waals surface area contributed by atoms with Gasteiger partial charge in [0.15, 0.2) is 0 Å². The van der Waals surface area contributed by atoms with Gasteiger partial charge in [-0.15, -0.1) is 6.42 Å². The summed E-state index contributed by atoms with van der Waals surface area (Å²) in [5, 5.41) is 6.82. The fourth-order valence-electron chi connectivity index (χ4n) is 5.37. The number of fused-ring (bicyclic) bond motifs is 3. The first-order valence-electron chi connectivity index (χ1n) is 12.0. The number of anilines is 1. The molecule has 7 nitrogen and oxygen atoms in total. The first kappa shape index (κ1) is 24.8. The molecule has 2 aromatic carbocycles. The zero-order valence-corrected chi connectivity index (χ0v) is 21.2. The highest BCUT2D eigenvalue weighted by Gasteiger charge is 2.56. The average molecular weight is 521 g/mol. The number of aromatic amines is 1. The molecule has 3 amide bonds. The van der Waals surface area contributed by atoms with Crippen molar-refractivity contribution in [1.29, 1.82) is 0 Å². The zero-order valence-electron chi connectivity index (χ0n) is 20.4. The largest absolute Gasteiger partial charge is 0.351 e. The van der Waals surface area contributed by atoms with Gasteiger partial charge in [0, 0.05) is 34.6 Å². The summed E-state index contributed by atoms with van der Waals surface area (Å²) in [5.74, 6) is 1.30. The van der Waals surface area contributed by atoms with Crippen LogP contribution in [-0.4, -0.2) is 51.9 Å². The van der Waals surface area contributed by atoms with E-state index in [0.717, 1.165) is 10.9 Å². The smallest absolute Gasteiger partial charge is 0.268 e. The minimum atomic E-state index is -1.76. The third-order valence-corrected chi connectivity index (χ3v) is 7.31. The Labute approximate surface area is 218 Å². The van der Waals surface area contributed by atoms with E-state index in [2.05, 4.69) is 21.5 Å². The Bertz CT molecular complexity index is 1470. The Kier molecular flexibility index (Phi) is 5.99. The van der Waals surface area contributed by atoms with Gasteiger partial charge in [-0.25, -0.2) is 4.39 Å². The molecular formula is C28H26ClFN4O3. The molecule has 1 saturated heterocycles. The number of amides is 3. The molecular weight excluding hydrogens is 495 g/mol. The number of para-hydroxylation sites is 1. The SMILES string of the molecule is C#C[C@@H]1C[C@@]2(CN1C(=O)C(CC(C)(C)F)NC(=O)c1cc3cc(Cl)ccc3[nH]1)C(=O)Nc1ccccc12. The number of hydrogen-bond donors (Lipinski definition) is 3. The van der Waals surface area contributed by atoms with Crippen LogP contribution in [-0.2, 0) is 15.0 Å². The molecule has 2 aliphatic rings. The lowest BCUT2D eigenvalue weighted by Gasteiger charge is -2.30. The summed E-state index contributed by atoms with van der Waals surface area (Å²) in [4.78, 5) is 44.5. The van der Waals surface area contributed by atoms with Gasteiger partial charge in [-0.2, -0.15) is 0 Å². The third kappa shape index (κ3) is 4.44. The molecule has 1 unspecified atom stereocenters. The number of nitrogens with zero attached hydrogens (tertiary/aromatic N) is 1. The maximum atomic E-state index is 14.8. The maximum Gasteiger partial charge on any atom is 0.268 e. The lowest BCUT2D eigenvalue weighted by Crippen LogP contribution is -2.52. The molecule has 5 rings (SSSR count). The average Bonchev–Trinajstić information content (AvgIpc) is 3.51. The van der Waals surface area contributed by atoms with Crippen molar-refractivity contribution in [3.8, 4) is 12.3 Å². The van der Waals surface area contributed by atoms with Crippen molar-refractivity contribution in [1.82, 2.24) is 15.2 Å². The minimum Gasteiger partial charge on any atom is -0.351 e. The summed E-state index contributed by atoms with van der Waals surface area (Å²) in [6.45, 7) is 2.72. The third-order valence-electron chi connectivity index (χ3n) is 7.08. The Hall–Kier alpha value is -3.83. The first-order chi connectivity index (χ1) is 17.5. The van der Waals surface area contributed by atoms with Crippen LogP contribution in [0.5, 0.6) is 0 Å². The molecule has 3 atom stereocenters. The van der Waals surface area contributed by atoms with Crippen LogP contribution in [0, 0.1) is 12.3 Å². The normalized spacial score (nSPS) is 21.5. The number of rotatable bonds is 5. The van der Waals surface area contributed by atoms with Crippen LogP contribution in [0.3, 0.4) is 0 Å². The maximum absolute atomic E-state index is 14.8. The topological polar surface area (TPSA) is 94.3 Å². The highest BCUT2D eigenvalue weighted by atomic mass is 35.5. The Morgan fingerprint density at radius 1 is 1.30 bits per heavy atom. The molecule has 3 heterocycles. The van der Waals surface area contributed by atoms with Crippen molar-refractivity contribution < 1.29 is 18.8 Å². The van der Waals surface area contributed by atoms with Gasteiger partial charge in [0.2, 0.25) is 11.8 Å². The number of H-pyrrole nitrogens is 1. The number of likely N-dealkylation sites (tertiary alicyclic amines) is 1. The van der Waals surface area contributed by atoms with Gasteiger partial charge in [0.05, 0.1) is 11.5 Å². The van der Waals surface area contributed by atoms with Gasteiger partial charge in [0.1, 0.15) is 17.4 Å². The van der Waals surface area contributed by atoms with Crippen LogP contribution in [0.15, 0.2) is 48.5 Å². The second-order valence-corrected chi connectivity index (χ2v) is 10.7. The lowest BCUT2D eigenvalue weighted by molar-refractivity contribution is -0.134. The van der Waals surface area contributed by atoms with Crippen LogP contribution >= 0.6 is 11.6 Å². The van der Waals surface area contributed by atoms with Gasteiger partial charge in [-0.05, 0) is 56.2 Å². The molecule has 190 valence electrons. The number of carbonyl (C=O) groups is 3. The number of carbonyl (C=O) groups excluding carboxylic acids is 3. The fourth-order valence-corrected chi connectivity index (χ4v) is 5.55. The van der Waals surface area contributed by atoms with Crippen LogP contribution in [0.1, 0.15) is 42.7 Å².